The van der Waals surface area contributed by atoms with E-state index in [0.717, 1.165) is 11.5 Å². The van der Waals surface area contributed by atoms with Crippen molar-refractivity contribution < 1.29 is 21.8 Å². The Hall–Kier alpha value is -2.09. The van der Waals surface area contributed by atoms with Gasteiger partial charge >= 0.3 is 17.1 Å². The largest absolute Gasteiger partial charge is 2.00 e. The van der Waals surface area contributed by atoms with Crippen LogP contribution in [0.15, 0.2) is 96.4 Å². The Morgan fingerprint density at radius 1 is 0.955 bits per heavy atom. The molecule has 0 saturated carbocycles. The molecule has 3 heteroatoms. The van der Waals surface area contributed by atoms with Gasteiger partial charge in [0, 0.05) is 5.88 Å². The van der Waals surface area contributed by atoms with Gasteiger partial charge in [-0.1, -0.05) is 66.2 Å². The number of allylic oxidation sites excluding steroid dienone is 5. The molecule has 22 heavy (non-hydrogen) atoms. The van der Waals surface area contributed by atoms with Crippen molar-refractivity contribution in [3.8, 4) is 0 Å². The Morgan fingerprint density at radius 2 is 1.64 bits per heavy atom. The smallest absolute Gasteiger partial charge is 0.645 e. The van der Waals surface area contributed by atoms with E-state index in [-0.39, 0.29) is 23.1 Å². The van der Waals surface area contributed by atoms with Crippen molar-refractivity contribution in [2.75, 3.05) is 6.61 Å². The van der Waals surface area contributed by atoms with Crippen molar-refractivity contribution in [3.05, 3.63) is 107 Å². The number of ether oxygens (including phenoxy) is 1. The third kappa shape index (κ3) is 4.20. The third-order valence-electron chi connectivity index (χ3n) is 3.30. The summed E-state index contributed by atoms with van der Waals surface area (Å²) in [6, 6.07) is 20.4. The molecule has 0 radical (unpaired) electrons. The molecule has 0 amide bonds. The molecule has 2 aromatic carbocycles. The van der Waals surface area contributed by atoms with Crippen molar-refractivity contribution in [2.24, 2.45) is 0 Å². The van der Waals surface area contributed by atoms with Gasteiger partial charge in [-0.05, 0) is 5.57 Å². The predicted octanol–water partition coefficient (Wildman–Crippen LogP) is 4.87. The first-order valence-corrected chi connectivity index (χ1v) is 7.08. The molecule has 4 rings (SSSR count). The normalized spacial score (nSPS) is 18.1. The molecule has 1 unspecified atom stereocenters. The van der Waals surface area contributed by atoms with Crippen LogP contribution in [0.25, 0.3) is 5.32 Å². The molecule has 112 valence electrons. The van der Waals surface area contributed by atoms with Gasteiger partial charge in [0.05, 0.1) is 6.61 Å². The van der Waals surface area contributed by atoms with Gasteiger partial charge < -0.3 is 10.1 Å². The maximum atomic E-state index is 5.61. The fourth-order valence-corrected chi connectivity index (χ4v) is 2.22. The quantitative estimate of drug-likeness (QED) is 0.540. The average Bonchev–Trinajstić information content (AvgIpc) is 3.30. The van der Waals surface area contributed by atoms with Crippen molar-refractivity contribution >= 4 is 0 Å². The van der Waals surface area contributed by atoms with E-state index in [2.05, 4.69) is 17.4 Å². The molecular formula is C19H17FeNO. The SMILES string of the molecule is C1=CC(=C2[N-]C(c3ccccc3)CO2)C=C1.[Fe+2].c1cc[cH-]c1. The van der Waals surface area contributed by atoms with Crippen molar-refractivity contribution in [3.63, 3.8) is 0 Å². The molecule has 0 bridgehead atoms. The van der Waals surface area contributed by atoms with E-state index in [4.69, 9.17) is 4.74 Å². The van der Waals surface area contributed by atoms with Crippen LogP contribution in [0.5, 0.6) is 0 Å². The van der Waals surface area contributed by atoms with Gasteiger partial charge in [-0.15, -0.1) is 0 Å². The zero-order valence-electron chi connectivity index (χ0n) is 12.1. The van der Waals surface area contributed by atoms with E-state index in [0.29, 0.717) is 6.61 Å². The number of benzene rings is 1. The summed E-state index contributed by atoms with van der Waals surface area (Å²) < 4.78 is 5.61. The molecule has 1 fully saturated rings. The molecule has 0 aromatic heterocycles. The Morgan fingerprint density at radius 3 is 2.23 bits per heavy atom. The summed E-state index contributed by atoms with van der Waals surface area (Å²) >= 11 is 0. The Kier molecular flexibility index (Phi) is 6.20. The van der Waals surface area contributed by atoms with E-state index in [1.165, 1.54) is 5.56 Å². The molecule has 1 heterocycles. The maximum Gasteiger partial charge on any atom is 2.00 e. The van der Waals surface area contributed by atoms with Crippen molar-refractivity contribution in [2.45, 2.75) is 6.04 Å². The standard InChI is InChI=1S/C14H12NO.C5H5.Fe/c1-2-6-11(7-3-1)13-10-16-14(15-13)12-8-4-5-9-12;1-2-4-5-3-1;/h1-9,13H,10H2;1-5H;/q2*-1;+2. The number of hydrogen-bond acceptors (Lipinski definition) is 1. The maximum absolute atomic E-state index is 5.61. The van der Waals surface area contributed by atoms with Gasteiger partial charge in [0.2, 0.25) is 0 Å². The first-order valence-electron chi connectivity index (χ1n) is 7.08. The summed E-state index contributed by atoms with van der Waals surface area (Å²) in [7, 11) is 0. The summed E-state index contributed by atoms with van der Waals surface area (Å²) in [6.07, 6.45) is 8.03. The van der Waals surface area contributed by atoms with Crippen LogP contribution in [0, 0.1) is 0 Å². The van der Waals surface area contributed by atoms with Crippen LogP contribution in [-0.2, 0) is 21.8 Å². The van der Waals surface area contributed by atoms with Gasteiger partial charge in [-0.25, -0.2) is 12.1 Å². The first kappa shape index (κ1) is 16.3. The van der Waals surface area contributed by atoms with Crippen LogP contribution in [0.2, 0.25) is 0 Å². The summed E-state index contributed by atoms with van der Waals surface area (Å²) in [5, 5.41) is 4.60. The number of nitrogens with zero attached hydrogens (tertiary/aromatic N) is 1. The Labute approximate surface area is 142 Å². The summed E-state index contributed by atoms with van der Waals surface area (Å²) in [6.45, 7) is 0.643. The van der Waals surface area contributed by atoms with E-state index >= 15 is 0 Å². The molecule has 2 aromatic rings. The zero-order valence-corrected chi connectivity index (χ0v) is 13.2. The number of rotatable bonds is 1. The predicted molar refractivity (Wildman–Crippen MR) is 85.8 cm³/mol. The van der Waals surface area contributed by atoms with Crippen LogP contribution in [0.1, 0.15) is 11.6 Å². The summed E-state index contributed by atoms with van der Waals surface area (Å²) in [5.74, 6) is 0.763. The second kappa shape index (κ2) is 8.38. The second-order valence-corrected chi connectivity index (χ2v) is 4.81. The number of hydrogen-bond donors (Lipinski definition) is 0. The van der Waals surface area contributed by atoms with E-state index in [1.807, 2.05) is 72.8 Å². The minimum atomic E-state index is 0. The fourth-order valence-electron chi connectivity index (χ4n) is 2.22. The fraction of sp³-hybridized carbons (Fsp3) is 0.105. The minimum absolute atomic E-state index is 0. The molecule has 1 atom stereocenters. The molecule has 2 nitrogen and oxygen atoms in total. The second-order valence-electron chi connectivity index (χ2n) is 4.81. The monoisotopic (exact) mass is 331 g/mol. The van der Waals surface area contributed by atoms with Crippen LogP contribution in [-0.4, -0.2) is 6.61 Å². The van der Waals surface area contributed by atoms with Gasteiger partial charge in [-0.2, -0.15) is 18.2 Å². The molecule has 0 N–H and O–H groups in total. The van der Waals surface area contributed by atoms with Crippen molar-refractivity contribution in [1.82, 2.24) is 0 Å². The van der Waals surface area contributed by atoms with Gasteiger partial charge in [0.1, 0.15) is 0 Å². The average molecular weight is 331 g/mol. The molecule has 1 aliphatic carbocycles. The van der Waals surface area contributed by atoms with Crippen LogP contribution >= 0.6 is 0 Å². The third-order valence-corrected chi connectivity index (χ3v) is 3.30. The minimum Gasteiger partial charge on any atom is -0.645 e. The van der Waals surface area contributed by atoms with Gasteiger partial charge in [-0.3, -0.25) is 0 Å². The van der Waals surface area contributed by atoms with Gasteiger partial charge in [0.15, 0.2) is 0 Å². The van der Waals surface area contributed by atoms with Crippen LogP contribution < -0.4 is 0 Å². The zero-order chi connectivity index (χ0) is 14.3. The first-order chi connectivity index (χ1) is 10.4. The van der Waals surface area contributed by atoms with Crippen molar-refractivity contribution in [1.29, 1.82) is 0 Å². The topological polar surface area (TPSA) is 23.3 Å². The van der Waals surface area contributed by atoms with E-state index in [1.54, 1.807) is 0 Å². The Bertz CT molecular complexity index is 610. The molecular weight excluding hydrogens is 314 g/mol. The Balaban J connectivity index is 0.000000253. The molecule has 0 spiro atoms. The van der Waals surface area contributed by atoms with Crippen LogP contribution in [0.4, 0.5) is 0 Å². The van der Waals surface area contributed by atoms with E-state index < -0.39 is 0 Å². The molecule has 1 saturated heterocycles. The molecule has 1 aliphatic heterocycles. The summed E-state index contributed by atoms with van der Waals surface area (Å²) in [4.78, 5) is 0. The van der Waals surface area contributed by atoms with E-state index in [9.17, 15) is 0 Å². The summed E-state index contributed by atoms with van der Waals surface area (Å²) in [5.41, 5.74) is 2.28. The van der Waals surface area contributed by atoms with Crippen LogP contribution in [0.3, 0.4) is 0 Å². The van der Waals surface area contributed by atoms with Gasteiger partial charge in [0.25, 0.3) is 0 Å². The molecule has 2 aliphatic rings.